The average molecular weight is 341 g/mol. The highest BCUT2D eigenvalue weighted by Crippen LogP contribution is 2.38. The molecule has 7 heteroatoms. The number of nitrogens with zero attached hydrogens (tertiary/aromatic N) is 2. The third kappa shape index (κ3) is 3.11. The predicted molar refractivity (Wildman–Crippen MR) is 76.4 cm³/mol. The van der Waals surface area contributed by atoms with E-state index in [1.54, 1.807) is 6.07 Å². The van der Waals surface area contributed by atoms with Crippen LogP contribution in [0.5, 0.6) is 0 Å². The molecule has 2 aromatic carbocycles. The van der Waals surface area contributed by atoms with Gasteiger partial charge in [-0.2, -0.15) is 10.5 Å². The van der Waals surface area contributed by atoms with Gasteiger partial charge < -0.3 is 0 Å². The number of hydrogen-bond acceptors (Lipinski definition) is 3. The molecule has 0 fully saturated rings. The SMILES string of the molecule is N#Cc1c(F)cc(Sc2cc(Cl)ccc2Cl)c(F)c1C#N. The molecule has 0 atom stereocenters. The van der Waals surface area contributed by atoms with Crippen molar-refractivity contribution in [1.82, 2.24) is 0 Å². The third-order valence-electron chi connectivity index (χ3n) is 2.52. The predicted octanol–water partition coefficient (Wildman–Crippen LogP) is 5.17. The van der Waals surface area contributed by atoms with Gasteiger partial charge in [-0.1, -0.05) is 35.0 Å². The van der Waals surface area contributed by atoms with E-state index in [9.17, 15) is 8.78 Å². The summed E-state index contributed by atoms with van der Waals surface area (Å²) in [6.45, 7) is 0. The quantitative estimate of drug-likeness (QED) is 0.757. The Balaban J connectivity index is 2.57. The van der Waals surface area contributed by atoms with Crippen molar-refractivity contribution >= 4 is 35.0 Å². The van der Waals surface area contributed by atoms with Crippen LogP contribution in [0.2, 0.25) is 10.0 Å². The topological polar surface area (TPSA) is 47.6 Å². The molecule has 0 bridgehead atoms. The zero-order valence-corrected chi connectivity index (χ0v) is 12.5. The molecule has 0 spiro atoms. The van der Waals surface area contributed by atoms with E-state index in [4.69, 9.17) is 33.7 Å². The molecule has 21 heavy (non-hydrogen) atoms. The second-order valence-corrected chi connectivity index (χ2v) is 5.75. The molecule has 0 amide bonds. The van der Waals surface area contributed by atoms with Gasteiger partial charge in [0.1, 0.15) is 29.1 Å². The summed E-state index contributed by atoms with van der Waals surface area (Å²) in [6.07, 6.45) is 0. The fourth-order valence-corrected chi connectivity index (χ4v) is 2.98. The summed E-state index contributed by atoms with van der Waals surface area (Å²) in [5.74, 6) is -1.92. The van der Waals surface area contributed by atoms with E-state index in [0.717, 1.165) is 17.8 Å². The van der Waals surface area contributed by atoms with Crippen molar-refractivity contribution in [2.24, 2.45) is 0 Å². The van der Waals surface area contributed by atoms with Crippen LogP contribution in [0.15, 0.2) is 34.1 Å². The summed E-state index contributed by atoms with van der Waals surface area (Å²) in [4.78, 5) is 0.267. The highest BCUT2D eigenvalue weighted by Gasteiger charge is 2.19. The van der Waals surface area contributed by atoms with Crippen molar-refractivity contribution < 1.29 is 8.78 Å². The molecule has 0 aliphatic heterocycles. The summed E-state index contributed by atoms with van der Waals surface area (Å²) < 4.78 is 27.9. The second-order valence-electron chi connectivity index (χ2n) is 3.82. The summed E-state index contributed by atoms with van der Waals surface area (Å²) in [5.41, 5.74) is -1.24. The van der Waals surface area contributed by atoms with Gasteiger partial charge in [0.25, 0.3) is 0 Å². The number of nitriles is 2. The van der Waals surface area contributed by atoms with E-state index < -0.39 is 22.8 Å². The van der Waals surface area contributed by atoms with Gasteiger partial charge in [0.15, 0.2) is 5.82 Å². The summed E-state index contributed by atoms with van der Waals surface area (Å²) in [5, 5.41) is 18.3. The summed E-state index contributed by atoms with van der Waals surface area (Å²) in [6, 6.07) is 8.41. The first-order chi connectivity index (χ1) is 9.97. The molecule has 0 unspecified atom stereocenters. The monoisotopic (exact) mass is 340 g/mol. The molecule has 0 saturated heterocycles. The molecule has 0 aliphatic carbocycles. The highest BCUT2D eigenvalue weighted by molar-refractivity contribution is 7.99. The molecular formula is C14H4Cl2F2N2S. The number of benzene rings is 2. The van der Waals surface area contributed by atoms with Crippen LogP contribution in [0.3, 0.4) is 0 Å². The van der Waals surface area contributed by atoms with E-state index in [2.05, 4.69) is 0 Å². The average Bonchev–Trinajstić information content (AvgIpc) is 2.45. The first-order valence-electron chi connectivity index (χ1n) is 5.43. The van der Waals surface area contributed by atoms with E-state index in [-0.39, 0.29) is 4.90 Å². The van der Waals surface area contributed by atoms with Crippen LogP contribution >= 0.6 is 35.0 Å². The van der Waals surface area contributed by atoms with E-state index >= 15 is 0 Å². The lowest BCUT2D eigenvalue weighted by Gasteiger charge is -2.08. The molecule has 0 radical (unpaired) electrons. The first kappa shape index (κ1) is 15.6. The molecule has 2 aromatic rings. The molecule has 0 N–H and O–H groups in total. The smallest absolute Gasteiger partial charge is 0.156 e. The highest BCUT2D eigenvalue weighted by atomic mass is 35.5. The van der Waals surface area contributed by atoms with Crippen LogP contribution < -0.4 is 0 Å². The van der Waals surface area contributed by atoms with E-state index in [1.165, 1.54) is 24.3 Å². The third-order valence-corrected chi connectivity index (χ3v) is 4.27. The minimum absolute atomic E-state index is 0.146. The number of rotatable bonds is 2. The van der Waals surface area contributed by atoms with Crippen LogP contribution in [0, 0.1) is 34.3 Å². The Hall–Kier alpha value is -1.79. The summed E-state index contributed by atoms with van der Waals surface area (Å²) in [7, 11) is 0. The Bertz CT molecular complexity index is 810. The van der Waals surface area contributed by atoms with Crippen LogP contribution in [0.1, 0.15) is 11.1 Å². The van der Waals surface area contributed by atoms with Crippen LogP contribution in [0.4, 0.5) is 8.78 Å². The Labute approximate surface area is 133 Å². The zero-order valence-electron chi connectivity index (χ0n) is 10.1. The molecular weight excluding hydrogens is 337 g/mol. The minimum atomic E-state index is -0.962. The fourth-order valence-electron chi connectivity index (χ4n) is 1.57. The standard InChI is InChI=1S/C14H4Cl2F2N2S/c15-7-1-2-10(16)12(3-7)21-13-4-11(17)8(5-19)9(6-20)14(13)18/h1-4H. The maximum atomic E-state index is 14.2. The van der Waals surface area contributed by atoms with Crippen LogP contribution in [-0.4, -0.2) is 0 Å². The van der Waals surface area contributed by atoms with Crippen molar-refractivity contribution in [3.63, 3.8) is 0 Å². The minimum Gasteiger partial charge on any atom is -0.205 e. The van der Waals surface area contributed by atoms with Crippen molar-refractivity contribution in [2.75, 3.05) is 0 Å². The first-order valence-corrected chi connectivity index (χ1v) is 7.00. The van der Waals surface area contributed by atoms with Crippen LogP contribution in [0.25, 0.3) is 0 Å². The van der Waals surface area contributed by atoms with E-state index in [1.807, 2.05) is 0 Å². The molecule has 0 aliphatic rings. The molecule has 104 valence electrons. The summed E-state index contributed by atoms with van der Waals surface area (Å²) >= 11 is 12.6. The van der Waals surface area contributed by atoms with Crippen molar-refractivity contribution in [3.8, 4) is 12.1 Å². The maximum Gasteiger partial charge on any atom is 0.156 e. The lowest BCUT2D eigenvalue weighted by atomic mass is 10.1. The van der Waals surface area contributed by atoms with Gasteiger partial charge in [-0.15, -0.1) is 0 Å². The van der Waals surface area contributed by atoms with Crippen molar-refractivity contribution in [3.05, 3.63) is 57.1 Å². The largest absolute Gasteiger partial charge is 0.205 e. The number of hydrogen-bond donors (Lipinski definition) is 0. The van der Waals surface area contributed by atoms with E-state index in [0.29, 0.717) is 14.9 Å². The van der Waals surface area contributed by atoms with Gasteiger partial charge in [-0.25, -0.2) is 8.78 Å². The molecule has 0 heterocycles. The normalized spacial score (nSPS) is 10.0. The maximum absolute atomic E-state index is 14.2. The zero-order chi connectivity index (χ0) is 15.6. The molecule has 2 nitrogen and oxygen atoms in total. The Morgan fingerprint density at radius 1 is 0.952 bits per heavy atom. The second kappa shape index (κ2) is 6.32. The Morgan fingerprint density at radius 3 is 2.24 bits per heavy atom. The van der Waals surface area contributed by atoms with Gasteiger partial charge in [-0.05, 0) is 24.3 Å². The Morgan fingerprint density at radius 2 is 1.62 bits per heavy atom. The van der Waals surface area contributed by atoms with Crippen molar-refractivity contribution in [1.29, 1.82) is 10.5 Å². The molecule has 0 saturated carbocycles. The van der Waals surface area contributed by atoms with Gasteiger partial charge in [0.2, 0.25) is 0 Å². The lowest BCUT2D eigenvalue weighted by Crippen LogP contribution is -1.97. The van der Waals surface area contributed by atoms with Gasteiger partial charge in [0.05, 0.1) is 9.92 Å². The lowest BCUT2D eigenvalue weighted by molar-refractivity contribution is 0.571. The van der Waals surface area contributed by atoms with Crippen LogP contribution in [-0.2, 0) is 0 Å². The van der Waals surface area contributed by atoms with Crippen molar-refractivity contribution in [2.45, 2.75) is 9.79 Å². The Kier molecular flexibility index (Phi) is 4.69. The fraction of sp³-hybridized carbons (Fsp3) is 0. The van der Waals surface area contributed by atoms with Gasteiger partial charge in [-0.3, -0.25) is 0 Å². The van der Waals surface area contributed by atoms with Gasteiger partial charge in [0, 0.05) is 9.92 Å². The molecule has 2 rings (SSSR count). The van der Waals surface area contributed by atoms with Gasteiger partial charge >= 0.3 is 0 Å². The number of halogens is 4. The molecule has 0 aromatic heterocycles.